The molecule has 1 aliphatic rings. The minimum absolute atomic E-state index is 0.237. The summed E-state index contributed by atoms with van der Waals surface area (Å²) in [7, 11) is 0. The van der Waals surface area contributed by atoms with Gasteiger partial charge in [0, 0.05) is 0 Å². The molecule has 0 aliphatic carbocycles. The van der Waals surface area contributed by atoms with Crippen LogP contribution in [0.4, 0.5) is 0 Å². The zero-order valence-electron chi connectivity index (χ0n) is 13.3. The van der Waals surface area contributed by atoms with Gasteiger partial charge in [0.05, 0.1) is 12.3 Å². The van der Waals surface area contributed by atoms with E-state index in [1.165, 1.54) is 12.8 Å². The SMILES string of the molecule is CCC(C)CC(C)(CC)C/C=C/CC1CC(=O)OC1=O. The highest BCUT2D eigenvalue weighted by Crippen LogP contribution is 2.35. The van der Waals surface area contributed by atoms with Crippen LogP contribution in [0.2, 0.25) is 0 Å². The number of hydrogen-bond acceptors (Lipinski definition) is 3. The van der Waals surface area contributed by atoms with Gasteiger partial charge in [-0.2, -0.15) is 0 Å². The number of esters is 2. The van der Waals surface area contributed by atoms with Crippen molar-refractivity contribution >= 4 is 11.9 Å². The molecular weight excluding hydrogens is 252 g/mol. The molecule has 3 atom stereocenters. The van der Waals surface area contributed by atoms with Crippen molar-refractivity contribution in [3.05, 3.63) is 12.2 Å². The summed E-state index contributed by atoms with van der Waals surface area (Å²) in [5.74, 6) is -0.266. The maximum absolute atomic E-state index is 11.3. The second-order valence-electron chi connectivity index (χ2n) is 6.49. The van der Waals surface area contributed by atoms with Gasteiger partial charge >= 0.3 is 11.9 Å². The summed E-state index contributed by atoms with van der Waals surface area (Å²) in [5.41, 5.74) is 0.331. The lowest BCUT2D eigenvalue weighted by molar-refractivity contribution is -0.153. The van der Waals surface area contributed by atoms with E-state index >= 15 is 0 Å². The quantitative estimate of drug-likeness (QED) is 0.379. The molecule has 0 saturated carbocycles. The van der Waals surface area contributed by atoms with Gasteiger partial charge in [-0.15, -0.1) is 0 Å². The van der Waals surface area contributed by atoms with Crippen molar-refractivity contribution in [1.82, 2.24) is 0 Å². The van der Waals surface area contributed by atoms with Crippen LogP contribution >= 0.6 is 0 Å². The van der Waals surface area contributed by atoms with Crippen molar-refractivity contribution in [2.45, 2.75) is 66.2 Å². The minimum Gasteiger partial charge on any atom is -0.393 e. The molecule has 3 unspecified atom stereocenters. The number of rotatable bonds is 8. The van der Waals surface area contributed by atoms with Gasteiger partial charge in [0.25, 0.3) is 0 Å². The Morgan fingerprint density at radius 1 is 1.35 bits per heavy atom. The monoisotopic (exact) mass is 280 g/mol. The summed E-state index contributed by atoms with van der Waals surface area (Å²) in [4.78, 5) is 22.3. The Labute approximate surface area is 122 Å². The predicted octanol–water partition coefficient (Wildman–Crippen LogP) is 4.27. The normalized spacial score (nSPS) is 23.9. The molecule has 0 N–H and O–H groups in total. The van der Waals surface area contributed by atoms with Crippen LogP contribution in [0.25, 0.3) is 0 Å². The summed E-state index contributed by atoms with van der Waals surface area (Å²) in [6, 6.07) is 0. The van der Waals surface area contributed by atoms with Gasteiger partial charge in [-0.3, -0.25) is 9.59 Å². The molecule has 114 valence electrons. The van der Waals surface area contributed by atoms with E-state index in [0.717, 1.165) is 18.8 Å². The number of allylic oxidation sites excluding steroid dienone is 2. The summed E-state index contributed by atoms with van der Waals surface area (Å²) in [6.07, 6.45) is 9.70. The van der Waals surface area contributed by atoms with E-state index in [-0.39, 0.29) is 24.3 Å². The number of cyclic esters (lactones) is 2. The lowest BCUT2D eigenvalue weighted by Crippen LogP contribution is -2.18. The van der Waals surface area contributed by atoms with Crippen molar-refractivity contribution in [3.8, 4) is 0 Å². The van der Waals surface area contributed by atoms with E-state index in [2.05, 4.69) is 38.5 Å². The van der Waals surface area contributed by atoms with Crippen LogP contribution in [-0.4, -0.2) is 11.9 Å². The van der Waals surface area contributed by atoms with Crippen LogP contribution in [0.15, 0.2) is 12.2 Å². The second kappa shape index (κ2) is 7.61. The summed E-state index contributed by atoms with van der Waals surface area (Å²) < 4.78 is 4.55. The molecule has 20 heavy (non-hydrogen) atoms. The number of hydrogen-bond donors (Lipinski definition) is 0. The molecule has 1 rings (SSSR count). The smallest absolute Gasteiger partial charge is 0.317 e. The molecule has 0 bridgehead atoms. The fourth-order valence-electron chi connectivity index (χ4n) is 2.69. The van der Waals surface area contributed by atoms with E-state index in [0.29, 0.717) is 11.8 Å². The second-order valence-corrected chi connectivity index (χ2v) is 6.49. The van der Waals surface area contributed by atoms with E-state index in [1.807, 2.05) is 6.08 Å². The van der Waals surface area contributed by atoms with E-state index < -0.39 is 0 Å². The molecule has 3 heteroatoms. The van der Waals surface area contributed by atoms with E-state index in [4.69, 9.17) is 0 Å². The Kier molecular flexibility index (Phi) is 6.44. The van der Waals surface area contributed by atoms with E-state index in [1.54, 1.807) is 0 Å². The van der Waals surface area contributed by atoms with Gasteiger partial charge in [-0.05, 0) is 30.6 Å². The molecule has 1 fully saturated rings. The van der Waals surface area contributed by atoms with Gasteiger partial charge < -0.3 is 4.74 Å². The average Bonchev–Trinajstić information content (AvgIpc) is 2.73. The van der Waals surface area contributed by atoms with Gasteiger partial charge in [0.15, 0.2) is 0 Å². The van der Waals surface area contributed by atoms with Crippen LogP contribution in [-0.2, 0) is 14.3 Å². The van der Waals surface area contributed by atoms with Crippen molar-refractivity contribution < 1.29 is 14.3 Å². The molecule has 3 nitrogen and oxygen atoms in total. The molecule has 0 aromatic heterocycles. The first-order valence-corrected chi connectivity index (χ1v) is 7.79. The molecule has 0 radical (unpaired) electrons. The van der Waals surface area contributed by atoms with Gasteiger partial charge in [-0.25, -0.2) is 0 Å². The van der Waals surface area contributed by atoms with Gasteiger partial charge in [0.1, 0.15) is 0 Å². The largest absolute Gasteiger partial charge is 0.393 e. The Morgan fingerprint density at radius 3 is 2.55 bits per heavy atom. The fraction of sp³-hybridized carbons (Fsp3) is 0.765. The first-order chi connectivity index (χ1) is 9.40. The Morgan fingerprint density at radius 2 is 2.05 bits per heavy atom. The average molecular weight is 280 g/mol. The third-order valence-electron chi connectivity index (χ3n) is 4.55. The van der Waals surface area contributed by atoms with Crippen LogP contribution in [0.5, 0.6) is 0 Å². The van der Waals surface area contributed by atoms with Crippen LogP contribution in [0.1, 0.15) is 66.2 Å². The molecule has 1 heterocycles. The van der Waals surface area contributed by atoms with Crippen LogP contribution in [0.3, 0.4) is 0 Å². The predicted molar refractivity (Wildman–Crippen MR) is 80.1 cm³/mol. The van der Waals surface area contributed by atoms with Crippen molar-refractivity contribution in [2.75, 3.05) is 0 Å². The molecule has 1 saturated heterocycles. The molecule has 0 aromatic carbocycles. The van der Waals surface area contributed by atoms with Crippen LogP contribution in [0, 0.1) is 17.3 Å². The third-order valence-corrected chi connectivity index (χ3v) is 4.55. The highest BCUT2D eigenvalue weighted by molar-refractivity contribution is 5.94. The Balaban J connectivity index is 2.41. The molecule has 1 aliphatic heterocycles. The maximum Gasteiger partial charge on any atom is 0.317 e. The molecule has 0 aromatic rings. The van der Waals surface area contributed by atoms with Gasteiger partial charge in [0.2, 0.25) is 0 Å². The molecular formula is C17H28O3. The zero-order valence-corrected chi connectivity index (χ0v) is 13.3. The van der Waals surface area contributed by atoms with Gasteiger partial charge in [-0.1, -0.05) is 52.7 Å². The lowest BCUT2D eigenvalue weighted by atomic mass is 9.76. The number of carbonyl (C=O) groups is 2. The van der Waals surface area contributed by atoms with Crippen molar-refractivity contribution in [3.63, 3.8) is 0 Å². The van der Waals surface area contributed by atoms with Crippen molar-refractivity contribution in [2.24, 2.45) is 17.3 Å². The number of carbonyl (C=O) groups excluding carboxylic acids is 2. The summed E-state index contributed by atoms with van der Waals surface area (Å²) in [6.45, 7) is 9.11. The first kappa shape index (κ1) is 16.9. The summed E-state index contributed by atoms with van der Waals surface area (Å²) >= 11 is 0. The van der Waals surface area contributed by atoms with Crippen molar-refractivity contribution in [1.29, 1.82) is 0 Å². The minimum atomic E-state index is -0.386. The highest BCUT2D eigenvalue weighted by atomic mass is 16.6. The standard InChI is InChI=1S/C17H28O3/c1-5-13(3)12-17(4,6-2)10-8-7-9-14-11-15(18)20-16(14)19/h7-8,13-14H,5-6,9-12H2,1-4H3/b8-7+. The summed E-state index contributed by atoms with van der Waals surface area (Å²) in [5, 5.41) is 0. The fourth-order valence-corrected chi connectivity index (χ4v) is 2.69. The maximum atomic E-state index is 11.3. The topological polar surface area (TPSA) is 43.4 Å². The number of ether oxygens (including phenoxy) is 1. The van der Waals surface area contributed by atoms with Crippen LogP contribution < -0.4 is 0 Å². The zero-order chi connectivity index (χ0) is 15.2. The van der Waals surface area contributed by atoms with E-state index in [9.17, 15) is 9.59 Å². The molecule has 0 spiro atoms. The molecule has 0 amide bonds. The Hall–Kier alpha value is -1.12. The highest BCUT2D eigenvalue weighted by Gasteiger charge is 2.32. The third kappa shape index (κ3) is 5.10. The Bertz CT molecular complexity index is 372. The lowest BCUT2D eigenvalue weighted by Gasteiger charge is -2.30. The first-order valence-electron chi connectivity index (χ1n) is 7.79.